The van der Waals surface area contributed by atoms with Crippen LogP contribution < -0.4 is 10.1 Å². The molecule has 1 aliphatic rings. The molecule has 1 N–H and O–H groups in total. The van der Waals surface area contributed by atoms with Gasteiger partial charge in [0.15, 0.2) is 5.69 Å². The quantitative estimate of drug-likeness (QED) is 0.748. The molecule has 8 nitrogen and oxygen atoms in total. The van der Waals surface area contributed by atoms with Crippen molar-refractivity contribution in [3.05, 3.63) is 41.8 Å². The average molecular weight is 387 g/mol. The van der Waals surface area contributed by atoms with E-state index < -0.39 is 0 Å². The van der Waals surface area contributed by atoms with Crippen LogP contribution in [0.5, 0.6) is 5.75 Å². The smallest absolute Gasteiger partial charge is 0.276 e. The number of carbonyl (C=O) groups excluding carboxylic acids is 2. The highest BCUT2D eigenvalue weighted by Crippen LogP contribution is 2.17. The molecular formula is C20H25N3O5. The van der Waals surface area contributed by atoms with E-state index in [1.54, 1.807) is 49.3 Å². The number of aryl methyl sites for hydroxylation is 1. The summed E-state index contributed by atoms with van der Waals surface area (Å²) in [6, 6.07) is 8.68. The highest BCUT2D eigenvalue weighted by atomic mass is 16.5. The van der Waals surface area contributed by atoms with Crippen LogP contribution in [0.3, 0.4) is 0 Å². The van der Waals surface area contributed by atoms with Gasteiger partial charge in [0.1, 0.15) is 11.5 Å². The summed E-state index contributed by atoms with van der Waals surface area (Å²) in [5.74, 6) is 0.850. The summed E-state index contributed by atoms with van der Waals surface area (Å²) in [5.41, 5.74) is 0.918. The molecule has 3 rings (SSSR count). The van der Waals surface area contributed by atoms with Crippen molar-refractivity contribution in [1.29, 1.82) is 0 Å². The standard InChI is InChI=1S/C20H25N3O5/c1-14-12-18(22-28-14)20(25)23(13-17-4-3-11-27-17)10-9-19(24)21-15-5-7-16(26-2)8-6-15/h5-8,12,17H,3-4,9-11,13H2,1-2H3,(H,21,24)/t17-/m1/s1. The maximum Gasteiger partial charge on any atom is 0.276 e. The molecule has 1 atom stereocenters. The average Bonchev–Trinajstić information content (AvgIpc) is 3.37. The number of amides is 2. The van der Waals surface area contributed by atoms with Gasteiger partial charge in [0.05, 0.1) is 13.2 Å². The first-order chi connectivity index (χ1) is 13.5. The first-order valence-corrected chi connectivity index (χ1v) is 9.33. The summed E-state index contributed by atoms with van der Waals surface area (Å²) >= 11 is 0. The predicted octanol–water partition coefficient (Wildman–Crippen LogP) is 2.64. The molecule has 28 heavy (non-hydrogen) atoms. The van der Waals surface area contributed by atoms with Crippen molar-refractivity contribution in [3.8, 4) is 5.75 Å². The summed E-state index contributed by atoms with van der Waals surface area (Å²) in [4.78, 5) is 26.7. The Hall–Kier alpha value is -2.87. The molecule has 0 saturated carbocycles. The van der Waals surface area contributed by atoms with Gasteiger partial charge in [-0.05, 0) is 44.0 Å². The Bertz CT molecular complexity index is 796. The van der Waals surface area contributed by atoms with Crippen LogP contribution in [0.2, 0.25) is 0 Å². The number of benzene rings is 1. The topological polar surface area (TPSA) is 93.9 Å². The van der Waals surface area contributed by atoms with Gasteiger partial charge in [0.25, 0.3) is 5.91 Å². The first-order valence-electron chi connectivity index (χ1n) is 9.33. The van der Waals surface area contributed by atoms with Crippen LogP contribution >= 0.6 is 0 Å². The van der Waals surface area contributed by atoms with E-state index in [0.29, 0.717) is 30.3 Å². The molecule has 150 valence electrons. The number of hydrogen-bond acceptors (Lipinski definition) is 6. The molecule has 1 aromatic heterocycles. The van der Waals surface area contributed by atoms with E-state index in [2.05, 4.69) is 10.5 Å². The largest absolute Gasteiger partial charge is 0.497 e. The molecule has 0 unspecified atom stereocenters. The van der Waals surface area contributed by atoms with Gasteiger partial charge in [-0.2, -0.15) is 0 Å². The molecule has 8 heteroatoms. The zero-order chi connectivity index (χ0) is 19.9. The molecular weight excluding hydrogens is 362 g/mol. The van der Waals surface area contributed by atoms with E-state index in [-0.39, 0.29) is 36.6 Å². The lowest BCUT2D eigenvalue weighted by atomic mass is 10.2. The fourth-order valence-electron chi connectivity index (χ4n) is 3.07. The van der Waals surface area contributed by atoms with Crippen LogP contribution in [0.15, 0.2) is 34.9 Å². The number of rotatable bonds is 8. The van der Waals surface area contributed by atoms with Crippen LogP contribution in [-0.2, 0) is 9.53 Å². The minimum Gasteiger partial charge on any atom is -0.497 e. The van der Waals surface area contributed by atoms with Crippen LogP contribution in [0.4, 0.5) is 5.69 Å². The van der Waals surface area contributed by atoms with Crippen molar-refractivity contribution >= 4 is 17.5 Å². The van der Waals surface area contributed by atoms with Crippen molar-refractivity contribution in [2.24, 2.45) is 0 Å². The van der Waals surface area contributed by atoms with Gasteiger partial charge in [-0.15, -0.1) is 0 Å². The molecule has 2 heterocycles. The van der Waals surface area contributed by atoms with Crippen molar-refractivity contribution in [3.63, 3.8) is 0 Å². The third-order valence-electron chi connectivity index (χ3n) is 4.56. The molecule has 0 spiro atoms. The van der Waals surface area contributed by atoms with Crippen molar-refractivity contribution < 1.29 is 23.6 Å². The minimum atomic E-state index is -0.260. The summed E-state index contributed by atoms with van der Waals surface area (Å²) < 4.78 is 15.8. The number of hydrogen-bond donors (Lipinski definition) is 1. The molecule has 1 fully saturated rings. The monoisotopic (exact) mass is 387 g/mol. The van der Waals surface area contributed by atoms with Gasteiger partial charge >= 0.3 is 0 Å². The summed E-state index contributed by atoms with van der Waals surface area (Å²) in [6.45, 7) is 3.14. The van der Waals surface area contributed by atoms with Gasteiger partial charge in [0.2, 0.25) is 5.91 Å². The SMILES string of the molecule is COc1ccc(NC(=O)CCN(C[C@H]2CCCO2)C(=O)c2cc(C)on2)cc1. The lowest BCUT2D eigenvalue weighted by Gasteiger charge is -2.24. The molecule has 0 radical (unpaired) electrons. The second-order valence-electron chi connectivity index (χ2n) is 6.74. The second kappa shape index (κ2) is 9.36. The fraction of sp³-hybridized carbons (Fsp3) is 0.450. The summed E-state index contributed by atoms with van der Waals surface area (Å²) in [6.07, 6.45) is 2.04. The highest BCUT2D eigenvalue weighted by molar-refractivity contribution is 5.94. The van der Waals surface area contributed by atoms with E-state index in [0.717, 1.165) is 12.8 Å². The van der Waals surface area contributed by atoms with E-state index in [1.165, 1.54) is 0 Å². The molecule has 0 bridgehead atoms. The van der Waals surface area contributed by atoms with Crippen LogP contribution in [0.1, 0.15) is 35.5 Å². The second-order valence-corrected chi connectivity index (χ2v) is 6.74. The van der Waals surface area contributed by atoms with Crippen LogP contribution in [0, 0.1) is 6.92 Å². The zero-order valence-electron chi connectivity index (χ0n) is 16.1. The molecule has 1 aromatic carbocycles. The highest BCUT2D eigenvalue weighted by Gasteiger charge is 2.25. The number of carbonyl (C=O) groups is 2. The number of anilines is 1. The normalized spacial score (nSPS) is 16.0. The molecule has 0 aliphatic carbocycles. The van der Waals surface area contributed by atoms with Gasteiger partial charge in [-0.3, -0.25) is 9.59 Å². The first kappa shape index (κ1) is 19.9. The van der Waals surface area contributed by atoms with Gasteiger partial charge in [0, 0.05) is 37.9 Å². The lowest BCUT2D eigenvalue weighted by Crippen LogP contribution is -2.39. The fourth-order valence-corrected chi connectivity index (χ4v) is 3.07. The number of aromatic nitrogens is 1. The number of nitrogens with zero attached hydrogens (tertiary/aromatic N) is 2. The van der Waals surface area contributed by atoms with Gasteiger partial charge < -0.3 is 24.2 Å². The van der Waals surface area contributed by atoms with Crippen LogP contribution in [-0.4, -0.2) is 54.8 Å². The Kier molecular flexibility index (Phi) is 6.65. The Morgan fingerprint density at radius 2 is 2.11 bits per heavy atom. The van der Waals surface area contributed by atoms with Crippen molar-refractivity contribution in [2.75, 3.05) is 32.1 Å². The molecule has 2 amide bonds. The Balaban J connectivity index is 1.59. The van der Waals surface area contributed by atoms with Crippen LogP contribution in [0.25, 0.3) is 0 Å². The van der Waals surface area contributed by atoms with Crippen molar-refractivity contribution in [2.45, 2.75) is 32.3 Å². The number of nitrogens with one attached hydrogen (secondary N) is 1. The minimum absolute atomic E-state index is 0.0124. The third-order valence-corrected chi connectivity index (χ3v) is 4.56. The van der Waals surface area contributed by atoms with E-state index in [9.17, 15) is 9.59 Å². The Morgan fingerprint density at radius 3 is 2.71 bits per heavy atom. The summed E-state index contributed by atoms with van der Waals surface area (Å²) in [7, 11) is 1.59. The maximum absolute atomic E-state index is 12.8. The van der Waals surface area contributed by atoms with Gasteiger partial charge in [-0.1, -0.05) is 5.16 Å². The predicted molar refractivity (Wildman–Crippen MR) is 102 cm³/mol. The number of methoxy groups -OCH3 is 1. The third kappa shape index (κ3) is 5.32. The molecule has 1 aliphatic heterocycles. The van der Waals surface area contributed by atoms with Crippen molar-refractivity contribution in [1.82, 2.24) is 10.1 Å². The number of ether oxygens (including phenoxy) is 2. The zero-order valence-corrected chi connectivity index (χ0v) is 16.1. The van der Waals surface area contributed by atoms with Gasteiger partial charge in [-0.25, -0.2) is 0 Å². The lowest BCUT2D eigenvalue weighted by molar-refractivity contribution is -0.116. The van der Waals surface area contributed by atoms with E-state index in [1.807, 2.05) is 0 Å². The Labute approximate surface area is 163 Å². The summed E-state index contributed by atoms with van der Waals surface area (Å²) in [5, 5.41) is 6.63. The van der Waals surface area contributed by atoms with E-state index in [4.69, 9.17) is 14.0 Å². The molecule has 2 aromatic rings. The maximum atomic E-state index is 12.8. The molecule has 1 saturated heterocycles. The Morgan fingerprint density at radius 1 is 1.32 bits per heavy atom. The van der Waals surface area contributed by atoms with E-state index >= 15 is 0 Å².